The van der Waals surface area contributed by atoms with Crippen LogP contribution >= 0.6 is 11.6 Å². The minimum absolute atomic E-state index is 0.152. The minimum Gasteiger partial charge on any atom is -0.482 e. The Morgan fingerprint density at radius 1 is 1.41 bits per heavy atom. The molecule has 2 bridgehead atoms. The lowest BCUT2D eigenvalue weighted by atomic mass is 10.0. The van der Waals surface area contributed by atoms with Crippen LogP contribution in [0.4, 0.5) is 15.9 Å². The molecular formula is C23H26ClFN6O. The molecule has 2 aromatic rings. The van der Waals surface area contributed by atoms with E-state index in [9.17, 15) is 4.39 Å². The van der Waals surface area contributed by atoms with Gasteiger partial charge in [-0.15, -0.1) is 0 Å². The van der Waals surface area contributed by atoms with Crippen LogP contribution in [0.25, 0.3) is 5.70 Å². The van der Waals surface area contributed by atoms with Crippen molar-refractivity contribution in [2.45, 2.75) is 33.3 Å². The third-order valence-corrected chi connectivity index (χ3v) is 5.13. The Morgan fingerprint density at radius 3 is 2.81 bits per heavy atom. The topological polar surface area (TPSA) is 120 Å². The van der Waals surface area contributed by atoms with Gasteiger partial charge in [0.2, 0.25) is 0 Å². The van der Waals surface area contributed by atoms with E-state index >= 15 is 0 Å². The zero-order valence-corrected chi connectivity index (χ0v) is 18.9. The van der Waals surface area contributed by atoms with Gasteiger partial charge in [-0.05, 0) is 51.1 Å². The van der Waals surface area contributed by atoms with Gasteiger partial charge in [0.15, 0.2) is 11.6 Å². The lowest BCUT2D eigenvalue weighted by Crippen LogP contribution is -2.19. The van der Waals surface area contributed by atoms with E-state index in [-0.39, 0.29) is 17.4 Å². The number of anilines is 2. The van der Waals surface area contributed by atoms with Gasteiger partial charge in [0.05, 0.1) is 0 Å². The Bertz CT molecular complexity index is 1130. The molecule has 0 spiro atoms. The van der Waals surface area contributed by atoms with Crippen LogP contribution in [0.1, 0.15) is 44.4 Å². The van der Waals surface area contributed by atoms with E-state index in [0.29, 0.717) is 51.8 Å². The van der Waals surface area contributed by atoms with Crippen LogP contribution in [-0.2, 0) is 0 Å². The smallest absolute Gasteiger partial charge is 0.166 e. The molecule has 168 valence electrons. The van der Waals surface area contributed by atoms with Gasteiger partial charge < -0.3 is 26.5 Å². The number of nitrogens with one attached hydrogen (secondary N) is 4. The number of fused-ring (bicyclic) bond motifs is 3. The predicted octanol–water partition coefficient (Wildman–Crippen LogP) is 5.22. The summed E-state index contributed by atoms with van der Waals surface area (Å²) in [4.78, 5) is 4.26. The molecule has 0 amide bonds. The van der Waals surface area contributed by atoms with Gasteiger partial charge in [-0.1, -0.05) is 11.6 Å². The number of rotatable bonds is 4. The molecule has 6 N–H and O–H groups in total. The third kappa shape index (κ3) is 5.26. The second-order valence-electron chi connectivity index (χ2n) is 7.45. The van der Waals surface area contributed by atoms with Crippen molar-refractivity contribution < 1.29 is 9.13 Å². The Balaban J connectivity index is 2.31. The highest BCUT2D eigenvalue weighted by Gasteiger charge is 2.21. The summed E-state index contributed by atoms with van der Waals surface area (Å²) in [6, 6.07) is 6.09. The largest absolute Gasteiger partial charge is 0.482 e. The van der Waals surface area contributed by atoms with Crippen molar-refractivity contribution in [3.63, 3.8) is 0 Å². The van der Waals surface area contributed by atoms with E-state index in [2.05, 4.69) is 15.6 Å². The monoisotopic (exact) mass is 456 g/mol. The van der Waals surface area contributed by atoms with Gasteiger partial charge in [-0.25, -0.2) is 9.37 Å². The number of aromatic nitrogens is 1. The molecular weight excluding hydrogens is 431 g/mol. The van der Waals surface area contributed by atoms with Crippen molar-refractivity contribution in [2.75, 3.05) is 17.6 Å². The van der Waals surface area contributed by atoms with Crippen LogP contribution in [0.3, 0.4) is 0 Å². The van der Waals surface area contributed by atoms with Crippen molar-refractivity contribution in [1.82, 2.24) is 10.3 Å². The lowest BCUT2D eigenvalue weighted by Gasteiger charge is -2.24. The molecule has 9 heteroatoms. The second kappa shape index (κ2) is 9.82. The molecule has 1 aromatic carbocycles. The fraction of sp³-hybridized carbons (Fsp3) is 0.261. The van der Waals surface area contributed by atoms with Gasteiger partial charge in [0, 0.05) is 58.7 Å². The summed E-state index contributed by atoms with van der Waals surface area (Å²) in [5.41, 5.74) is 9.94. The number of allylic oxidation sites excluding steroid dienone is 2. The number of nitrogen functional groups attached to an aromatic ring is 1. The van der Waals surface area contributed by atoms with Crippen LogP contribution in [-0.4, -0.2) is 22.4 Å². The van der Waals surface area contributed by atoms with E-state index in [1.807, 2.05) is 6.92 Å². The number of benzene rings is 1. The lowest BCUT2D eigenvalue weighted by molar-refractivity contribution is 0.227. The van der Waals surface area contributed by atoms with Crippen molar-refractivity contribution in [1.29, 1.82) is 10.8 Å². The maximum absolute atomic E-state index is 14.1. The zero-order valence-electron chi connectivity index (χ0n) is 18.1. The van der Waals surface area contributed by atoms with E-state index in [1.165, 1.54) is 12.1 Å². The fourth-order valence-corrected chi connectivity index (χ4v) is 3.68. The number of pyridine rings is 1. The number of halogens is 2. The molecule has 3 rings (SSSR count). The molecule has 1 aromatic heterocycles. The predicted molar refractivity (Wildman–Crippen MR) is 128 cm³/mol. The molecule has 0 radical (unpaired) electrons. The first-order chi connectivity index (χ1) is 15.2. The molecule has 0 saturated carbocycles. The highest BCUT2D eigenvalue weighted by Crippen LogP contribution is 2.35. The van der Waals surface area contributed by atoms with Crippen molar-refractivity contribution in [2.24, 2.45) is 0 Å². The Hall–Kier alpha value is -3.39. The molecule has 2 heterocycles. The van der Waals surface area contributed by atoms with E-state index in [1.54, 1.807) is 38.3 Å². The molecule has 0 fully saturated rings. The molecule has 1 atom stereocenters. The highest BCUT2D eigenvalue weighted by molar-refractivity contribution is 6.69. The molecule has 32 heavy (non-hydrogen) atoms. The van der Waals surface area contributed by atoms with E-state index in [4.69, 9.17) is 32.9 Å². The van der Waals surface area contributed by atoms with Gasteiger partial charge in [0.25, 0.3) is 0 Å². The van der Waals surface area contributed by atoms with Crippen molar-refractivity contribution >= 4 is 39.7 Å². The van der Waals surface area contributed by atoms with Gasteiger partial charge in [0.1, 0.15) is 17.1 Å². The Labute approximate surface area is 191 Å². The molecule has 7 nitrogen and oxygen atoms in total. The maximum Gasteiger partial charge on any atom is 0.166 e. The first-order valence-corrected chi connectivity index (χ1v) is 10.5. The van der Waals surface area contributed by atoms with Crippen LogP contribution in [0, 0.1) is 16.6 Å². The quantitative estimate of drug-likeness (QED) is 0.404. The van der Waals surface area contributed by atoms with Gasteiger partial charge in [-0.2, -0.15) is 0 Å². The average molecular weight is 457 g/mol. The van der Waals surface area contributed by atoms with E-state index in [0.717, 1.165) is 0 Å². The maximum atomic E-state index is 14.1. The summed E-state index contributed by atoms with van der Waals surface area (Å²) < 4.78 is 20.2. The second-order valence-corrected chi connectivity index (χ2v) is 7.83. The number of nitrogens with two attached hydrogens (primary N) is 1. The average Bonchev–Trinajstić information content (AvgIpc) is 2.72. The molecule has 1 aliphatic heterocycles. The van der Waals surface area contributed by atoms with Gasteiger partial charge in [-0.3, -0.25) is 5.41 Å². The Morgan fingerprint density at radius 2 is 2.16 bits per heavy atom. The standard InChI is InChI=1S/C23H26ClFN6O/c1-4-29-21-14-8-20(23(28)30-11-14)32-13(3)17-9-15(25)5-6-19(17)31-16(7-12(2)26)10-18(21)22(24)27/h5-9,11,13,26-27,29,31H,4,10H2,1-3H3,(H2,28,30)/b16-7-,21-18-,26-12?,27-22?/t13-/m1/s1. The third-order valence-electron chi connectivity index (χ3n) is 4.90. The number of nitrogens with zero attached hydrogens (tertiary/aromatic N) is 1. The highest BCUT2D eigenvalue weighted by atomic mass is 35.5. The summed E-state index contributed by atoms with van der Waals surface area (Å²) >= 11 is 6.22. The minimum atomic E-state index is -0.549. The normalized spacial score (nSPS) is 19.7. The molecule has 0 saturated heterocycles. The first-order valence-electron chi connectivity index (χ1n) is 10.2. The summed E-state index contributed by atoms with van der Waals surface area (Å²) in [6.07, 6.45) is 2.92. The summed E-state index contributed by atoms with van der Waals surface area (Å²) in [5, 5.41) is 22.6. The van der Waals surface area contributed by atoms with Crippen LogP contribution in [0.2, 0.25) is 0 Å². The van der Waals surface area contributed by atoms with Crippen molar-refractivity contribution in [3.05, 3.63) is 64.8 Å². The van der Waals surface area contributed by atoms with Crippen LogP contribution in [0.15, 0.2) is 47.8 Å². The number of hydrogen-bond donors (Lipinski definition) is 5. The van der Waals surface area contributed by atoms with Gasteiger partial charge >= 0.3 is 0 Å². The van der Waals surface area contributed by atoms with Crippen LogP contribution < -0.4 is 21.1 Å². The van der Waals surface area contributed by atoms with E-state index < -0.39 is 11.9 Å². The molecule has 1 aliphatic rings. The summed E-state index contributed by atoms with van der Waals surface area (Å²) in [5.74, 6) is 0.133. The fourth-order valence-electron chi connectivity index (χ4n) is 3.52. The number of ether oxygens (including phenoxy) is 1. The molecule has 0 unspecified atom stereocenters. The first kappa shape index (κ1) is 23.3. The van der Waals surface area contributed by atoms with Crippen LogP contribution in [0.5, 0.6) is 5.75 Å². The zero-order chi connectivity index (χ0) is 23.4. The van der Waals surface area contributed by atoms with Crippen molar-refractivity contribution in [3.8, 4) is 5.75 Å². The summed E-state index contributed by atoms with van der Waals surface area (Å²) in [7, 11) is 0. The number of hydrogen-bond acceptors (Lipinski definition) is 7. The Kier molecular flexibility index (Phi) is 7.15. The molecule has 0 aliphatic carbocycles. The SMILES string of the molecule is CCN/C1=C(\C(=N)Cl)C/C(=C/C(C)=N)Nc2ccc(F)cc2[C@@H](C)Oc2cc1cnc2N. The summed E-state index contributed by atoms with van der Waals surface area (Å²) in [6.45, 7) is 5.96.